The number of hydrogen-bond acceptors (Lipinski definition) is 3. The van der Waals surface area contributed by atoms with E-state index in [4.69, 9.17) is 4.74 Å². The van der Waals surface area contributed by atoms with Crippen LogP contribution in [0.5, 0.6) is 0 Å². The van der Waals surface area contributed by atoms with Crippen LogP contribution in [-0.2, 0) is 28.9 Å². The maximum atomic E-state index is 12.2. The van der Waals surface area contributed by atoms with E-state index in [0.717, 1.165) is 26.1 Å². The molecule has 2 aliphatic rings. The highest BCUT2D eigenvalue weighted by molar-refractivity contribution is 5.88. The van der Waals surface area contributed by atoms with Crippen LogP contribution in [0.3, 0.4) is 0 Å². The normalized spacial score (nSPS) is 20.0. The van der Waals surface area contributed by atoms with E-state index in [2.05, 4.69) is 40.3 Å². The molecular weight excluding hydrogens is 314 g/mol. The van der Waals surface area contributed by atoms with Crippen LogP contribution in [0.25, 0.3) is 10.9 Å². The molecule has 1 aromatic carbocycles. The fourth-order valence-electron chi connectivity index (χ4n) is 4.28. The number of ether oxygens (including phenoxy) is 1. The minimum atomic E-state index is 0.106. The summed E-state index contributed by atoms with van der Waals surface area (Å²) in [5, 5.41) is 7.78. The topological polar surface area (TPSA) is 55.3 Å². The molecule has 5 nitrogen and oxygen atoms in total. The lowest BCUT2D eigenvalue weighted by Crippen LogP contribution is -2.44. The van der Waals surface area contributed by atoms with E-state index in [1.165, 1.54) is 40.6 Å². The van der Waals surface area contributed by atoms with E-state index in [1.54, 1.807) is 0 Å². The molecule has 1 amide bonds. The summed E-state index contributed by atoms with van der Waals surface area (Å²) in [6.45, 7) is 6.22. The number of nitrogens with one attached hydrogen (secondary N) is 2. The third-order valence-corrected chi connectivity index (χ3v) is 5.51. The molecule has 0 spiro atoms. The molecule has 1 fully saturated rings. The second kappa shape index (κ2) is 7.18. The number of carbonyl (C=O) groups excluding carboxylic acids is 1. The smallest absolute Gasteiger partial charge is 0.221 e. The summed E-state index contributed by atoms with van der Waals surface area (Å²) in [5.74, 6) is 0.106. The zero-order valence-electron chi connectivity index (χ0n) is 14.9. The summed E-state index contributed by atoms with van der Waals surface area (Å²) in [7, 11) is 0. The monoisotopic (exact) mass is 341 g/mol. The van der Waals surface area contributed by atoms with Crippen molar-refractivity contribution in [2.75, 3.05) is 26.3 Å². The van der Waals surface area contributed by atoms with Crippen LogP contribution in [0.4, 0.5) is 0 Å². The number of rotatable bonds is 5. The highest BCUT2D eigenvalue weighted by Crippen LogP contribution is 2.32. The number of benzene rings is 1. The Bertz CT molecular complexity index is 775. The molecular formula is C20H27N3O2. The Labute approximate surface area is 148 Å². The van der Waals surface area contributed by atoms with Crippen molar-refractivity contribution in [2.45, 2.75) is 45.2 Å². The molecule has 5 heteroatoms. The minimum Gasteiger partial charge on any atom is -0.378 e. The molecule has 0 radical (unpaired) electrons. The van der Waals surface area contributed by atoms with Crippen LogP contribution in [0.1, 0.15) is 29.7 Å². The zero-order chi connectivity index (χ0) is 17.2. The first-order valence-electron chi connectivity index (χ1n) is 9.41. The highest BCUT2D eigenvalue weighted by Gasteiger charge is 2.20. The first-order valence-corrected chi connectivity index (χ1v) is 9.41. The number of aromatic nitrogens is 1. The molecule has 1 saturated heterocycles. The van der Waals surface area contributed by atoms with Crippen LogP contribution in [0, 0.1) is 6.92 Å². The molecule has 1 atom stereocenters. The van der Waals surface area contributed by atoms with E-state index in [-0.39, 0.29) is 11.9 Å². The summed E-state index contributed by atoms with van der Waals surface area (Å²) < 4.78 is 7.87. The maximum absolute atomic E-state index is 12.2. The fourth-order valence-corrected chi connectivity index (χ4v) is 4.28. The quantitative estimate of drug-likeness (QED) is 0.874. The second-order valence-electron chi connectivity index (χ2n) is 7.16. The lowest BCUT2D eigenvalue weighted by molar-refractivity contribution is -0.122. The van der Waals surface area contributed by atoms with Crippen molar-refractivity contribution in [2.24, 2.45) is 0 Å². The molecule has 3 heterocycles. The van der Waals surface area contributed by atoms with Gasteiger partial charge in [0.15, 0.2) is 0 Å². The van der Waals surface area contributed by atoms with Gasteiger partial charge in [0, 0.05) is 43.2 Å². The summed E-state index contributed by atoms with van der Waals surface area (Å²) in [6.07, 6.45) is 3.77. The average Bonchev–Trinajstić information content (AvgIpc) is 2.91. The number of amides is 1. The van der Waals surface area contributed by atoms with E-state index in [9.17, 15) is 4.79 Å². The Morgan fingerprint density at radius 2 is 2.36 bits per heavy atom. The van der Waals surface area contributed by atoms with Gasteiger partial charge in [0.2, 0.25) is 5.91 Å². The molecule has 25 heavy (non-hydrogen) atoms. The van der Waals surface area contributed by atoms with Crippen LogP contribution >= 0.6 is 0 Å². The molecule has 0 saturated carbocycles. The molecule has 2 aromatic rings. The van der Waals surface area contributed by atoms with Gasteiger partial charge in [0.25, 0.3) is 0 Å². The van der Waals surface area contributed by atoms with Crippen LogP contribution in [0.15, 0.2) is 18.2 Å². The Hall–Kier alpha value is -1.85. The van der Waals surface area contributed by atoms with Gasteiger partial charge in [-0.2, -0.15) is 0 Å². The summed E-state index contributed by atoms with van der Waals surface area (Å²) >= 11 is 0. The molecule has 134 valence electrons. The van der Waals surface area contributed by atoms with Gasteiger partial charge in [-0.1, -0.05) is 18.2 Å². The van der Waals surface area contributed by atoms with Gasteiger partial charge >= 0.3 is 0 Å². The fraction of sp³-hybridized carbons (Fsp3) is 0.550. The Morgan fingerprint density at radius 3 is 3.20 bits per heavy atom. The van der Waals surface area contributed by atoms with Gasteiger partial charge < -0.3 is 19.9 Å². The molecule has 2 N–H and O–H groups in total. The largest absolute Gasteiger partial charge is 0.378 e. The first kappa shape index (κ1) is 16.6. The molecule has 0 bridgehead atoms. The summed E-state index contributed by atoms with van der Waals surface area (Å²) in [4.78, 5) is 12.2. The SMILES string of the molecule is Cc1c(CCNC(=O)CC2COCCN2)c2cccc3c2n1CCC3. The van der Waals surface area contributed by atoms with Gasteiger partial charge in [0.1, 0.15) is 0 Å². The van der Waals surface area contributed by atoms with Crippen molar-refractivity contribution < 1.29 is 9.53 Å². The maximum Gasteiger partial charge on any atom is 0.221 e. The number of para-hydroxylation sites is 1. The van der Waals surface area contributed by atoms with Gasteiger partial charge in [-0.3, -0.25) is 4.79 Å². The van der Waals surface area contributed by atoms with Gasteiger partial charge in [-0.05, 0) is 37.3 Å². The number of morpholine rings is 1. The van der Waals surface area contributed by atoms with Crippen molar-refractivity contribution >= 4 is 16.8 Å². The van der Waals surface area contributed by atoms with Crippen LogP contribution in [-0.4, -0.2) is 42.8 Å². The van der Waals surface area contributed by atoms with E-state index in [0.29, 0.717) is 19.6 Å². The Morgan fingerprint density at radius 1 is 1.44 bits per heavy atom. The minimum absolute atomic E-state index is 0.106. The number of carbonyl (C=O) groups is 1. The van der Waals surface area contributed by atoms with E-state index < -0.39 is 0 Å². The molecule has 1 unspecified atom stereocenters. The van der Waals surface area contributed by atoms with Gasteiger partial charge in [0.05, 0.1) is 18.7 Å². The van der Waals surface area contributed by atoms with Crippen molar-refractivity contribution in [1.29, 1.82) is 0 Å². The molecule has 1 aromatic heterocycles. The van der Waals surface area contributed by atoms with E-state index in [1.807, 2.05) is 0 Å². The zero-order valence-corrected chi connectivity index (χ0v) is 14.9. The predicted molar refractivity (Wildman–Crippen MR) is 98.9 cm³/mol. The Balaban J connectivity index is 1.41. The highest BCUT2D eigenvalue weighted by atomic mass is 16.5. The van der Waals surface area contributed by atoms with Gasteiger partial charge in [-0.15, -0.1) is 0 Å². The third-order valence-electron chi connectivity index (χ3n) is 5.51. The lowest BCUT2D eigenvalue weighted by Gasteiger charge is -2.23. The number of aryl methyl sites for hydroxylation is 2. The Kier molecular flexibility index (Phi) is 4.77. The average molecular weight is 341 g/mol. The lowest BCUT2D eigenvalue weighted by atomic mass is 10.0. The molecule has 4 rings (SSSR count). The summed E-state index contributed by atoms with van der Waals surface area (Å²) in [6, 6.07) is 6.80. The number of hydrogen-bond donors (Lipinski definition) is 2. The van der Waals surface area contributed by atoms with Gasteiger partial charge in [-0.25, -0.2) is 0 Å². The molecule has 2 aliphatic heterocycles. The first-order chi connectivity index (χ1) is 12.2. The molecule has 0 aliphatic carbocycles. The van der Waals surface area contributed by atoms with Crippen LogP contribution < -0.4 is 10.6 Å². The van der Waals surface area contributed by atoms with Crippen molar-refractivity contribution in [3.63, 3.8) is 0 Å². The number of nitrogens with zero attached hydrogens (tertiary/aromatic N) is 1. The van der Waals surface area contributed by atoms with Crippen molar-refractivity contribution in [1.82, 2.24) is 15.2 Å². The second-order valence-corrected chi connectivity index (χ2v) is 7.16. The third kappa shape index (κ3) is 3.31. The van der Waals surface area contributed by atoms with Crippen LogP contribution in [0.2, 0.25) is 0 Å². The van der Waals surface area contributed by atoms with Crippen molar-refractivity contribution in [3.05, 3.63) is 35.0 Å². The van der Waals surface area contributed by atoms with E-state index >= 15 is 0 Å². The standard InChI is InChI=1S/C20H27N3O2/c1-14-17(7-8-22-19(24)12-16-13-25-11-9-21-16)18-6-2-4-15-5-3-10-23(14)20(15)18/h2,4,6,16,21H,3,5,7-13H2,1H3,(H,22,24). The predicted octanol–water partition coefficient (Wildman–Crippen LogP) is 1.93. The summed E-state index contributed by atoms with van der Waals surface area (Å²) in [5.41, 5.74) is 5.62. The van der Waals surface area contributed by atoms with Crippen molar-refractivity contribution in [3.8, 4) is 0 Å².